The van der Waals surface area contributed by atoms with E-state index in [0.29, 0.717) is 21.7 Å². The second-order valence-corrected chi connectivity index (χ2v) is 8.09. The lowest BCUT2D eigenvalue weighted by atomic mass is 10.1. The Balaban J connectivity index is 1.50. The molecule has 31 heavy (non-hydrogen) atoms. The monoisotopic (exact) mass is 437 g/mol. The zero-order chi connectivity index (χ0) is 22.1. The highest BCUT2D eigenvalue weighted by molar-refractivity contribution is 7.14. The van der Waals surface area contributed by atoms with Gasteiger partial charge in [0.25, 0.3) is 5.91 Å². The van der Waals surface area contributed by atoms with E-state index in [0.717, 1.165) is 16.8 Å². The maximum Gasteiger partial charge on any atom is 0.293 e. The van der Waals surface area contributed by atoms with Crippen molar-refractivity contribution in [1.29, 1.82) is 0 Å². The molecule has 0 aliphatic carbocycles. The molecule has 0 saturated carbocycles. The first-order valence-electron chi connectivity index (χ1n) is 9.65. The van der Waals surface area contributed by atoms with E-state index in [2.05, 4.69) is 15.6 Å². The lowest BCUT2D eigenvalue weighted by Gasteiger charge is -2.12. The number of fused-ring (bicyclic) bond motifs is 1. The van der Waals surface area contributed by atoms with Crippen LogP contribution < -0.4 is 10.6 Å². The molecule has 0 aliphatic heterocycles. The number of hydrogen-bond donors (Lipinski definition) is 2. The molecule has 2 aromatic carbocycles. The van der Waals surface area contributed by atoms with Crippen molar-refractivity contribution in [2.75, 3.05) is 5.32 Å². The molecule has 0 fully saturated rings. The Morgan fingerprint density at radius 3 is 2.61 bits per heavy atom. The molecular weight excluding hydrogens is 417 g/mol. The third-order valence-corrected chi connectivity index (χ3v) is 5.71. The average Bonchev–Trinajstić information content (AvgIpc) is 3.32. The first-order chi connectivity index (χ1) is 14.8. The molecule has 2 amide bonds. The zero-order valence-corrected chi connectivity index (χ0v) is 18.0. The molecule has 2 N–H and O–H groups in total. The van der Waals surface area contributed by atoms with E-state index >= 15 is 0 Å². The van der Waals surface area contributed by atoms with Crippen LogP contribution in [0.4, 0.5) is 9.52 Å². The normalized spacial score (nSPS) is 12.0. The van der Waals surface area contributed by atoms with Gasteiger partial charge in [0.1, 0.15) is 11.4 Å². The predicted octanol–water partition coefficient (Wildman–Crippen LogP) is 5.45. The minimum Gasteiger partial charge on any atom is -0.451 e. The van der Waals surface area contributed by atoms with Crippen molar-refractivity contribution in [3.8, 4) is 11.3 Å². The van der Waals surface area contributed by atoms with Crippen LogP contribution in [0.5, 0.6) is 0 Å². The summed E-state index contributed by atoms with van der Waals surface area (Å²) in [7, 11) is 0. The number of nitrogens with one attached hydrogen (secondary N) is 2. The molecule has 4 rings (SSSR count). The van der Waals surface area contributed by atoms with Crippen molar-refractivity contribution in [2.45, 2.75) is 26.8 Å². The van der Waals surface area contributed by atoms with Gasteiger partial charge in [0, 0.05) is 28.8 Å². The van der Waals surface area contributed by atoms with Gasteiger partial charge >= 0.3 is 0 Å². The Hall–Kier alpha value is -3.52. The number of carbonyl (C=O) groups excluding carboxylic acids is 2. The van der Waals surface area contributed by atoms with Gasteiger partial charge in [-0.05, 0) is 37.6 Å². The van der Waals surface area contributed by atoms with E-state index in [4.69, 9.17) is 4.42 Å². The SMILES string of the molecule is CC(=O)NC(C)c1ccc(-c2csc(NC(=O)c3oc4ccc(F)cc4c3C)n2)cc1. The minimum absolute atomic E-state index is 0.0821. The molecule has 4 aromatic rings. The van der Waals surface area contributed by atoms with Gasteiger partial charge in [-0.25, -0.2) is 9.37 Å². The van der Waals surface area contributed by atoms with Crippen molar-refractivity contribution >= 4 is 39.3 Å². The summed E-state index contributed by atoms with van der Waals surface area (Å²) < 4.78 is 19.1. The van der Waals surface area contributed by atoms with Crippen LogP contribution in [-0.4, -0.2) is 16.8 Å². The number of halogens is 1. The highest BCUT2D eigenvalue weighted by Crippen LogP contribution is 2.29. The van der Waals surface area contributed by atoms with Crippen LogP contribution in [0.3, 0.4) is 0 Å². The Labute approximate surface area is 182 Å². The number of carbonyl (C=O) groups is 2. The molecule has 0 bridgehead atoms. The molecule has 0 aliphatic rings. The molecule has 1 unspecified atom stereocenters. The Morgan fingerprint density at radius 2 is 1.90 bits per heavy atom. The van der Waals surface area contributed by atoms with E-state index in [-0.39, 0.29) is 23.5 Å². The van der Waals surface area contributed by atoms with Crippen molar-refractivity contribution in [1.82, 2.24) is 10.3 Å². The number of rotatable bonds is 5. The molecule has 2 aromatic heterocycles. The number of thiazole rings is 1. The Bertz CT molecular complexity index is 1280. The summed E-state index contributed by atoms with van der Waals surface area (Å²) in [6.45, 7) is 5.12. The molecule has 8 heteroatoms. The van der Waals surface area contributed by atoms with Crippen LogP contribution in [-0.2, 0) is 4.79 Å². The standard InChI is InChI=1S/C23H20FN3O3S/c1-12-18-10-17(24)8-9-20(18)30-21(12)22(29)27-23-26-19(11-31-23)16-6-4-15(5-7-16)13(2)25-14(3)28/h4-11,13H,1-3H3,(H,25,28)(H,26,27,29). The number of benzene rings is 2. The van der Waals surface area contributed by atoms with Gasteiger partial charge in [0.15, 0.2) is 10.9 Å². The number of aryl methyl sites for hydroxylation is 1. The predicted molar refractivity (Wildman–Crippen MR) is 119 cm³/mol. The van der Waals surface area contributed by atoms with Crippen LogP contribution in [0.15, 0.2) is 52.3 Å². The summed E-state index contributed by atoms with van der Waals surface area (Å²) >= 11 is 1.30. The van der Waals surface area contributed by atoms with Crippen LogP contribution in [0.2, 0.25) is 0 Å². The largest absolute Gasteiger partial charge is 0.451 e. The van der Waals surface area contributed by atoms with Crippen LogP contribution in [0, 0.1) is 12.7 Å². The van der Waals surface area contributed by atoms with Gasteiger partial charge in [-0.15, -0.1) is 11.3 Å². The Morgan fingerprint density at radius 1 is 1.16 bits per heavy atom. The maximum atomic E-state index is 13.5. The number of nitrogens with zero attached hydrogens (tertiary/aromatic N) is 1. The molecule has 0 spiro atoms. The highest BCUT2D eigenvalue weighted by atomic mass is 32.1. The van der Waals surface area contributed by atoms with Gasteiger partial charge in [-0.3, -0.25) is 14.9 Å². The van der Waals surface area contributed by atoms with Crippen molar-refractivity contribution in [2.24, 2.45) is 0 Å². The average molecular weight is 437 g/mol. The lowest BCUT2D eigenvalue weighted by molar-refractivity contribution is -0.119. The molecule has 0 radical (unpaired) electrons. The van der Waals surface area contributed by atoms with Crippen molar-refractivity contribution < 1.29 is 18.4 Å². The molecule has 2 heterocycles. The highest BCUT2D eigenvalue weighted by Gasteiger charge is 2.19. The quantitative estimate of drug-likeness (QED) is 0.435. The minimum atomic E-state index is -0.436. The number of furan rings is 1. The second kappa shape index (κ2) is 8.31. The second-order valence-electron chi connectivity index (χ2n) is 7.23. The maximum absolute atomic E-state index is 13.5. The summed E-state index contributed by atoms with van der Waals surface area (Å²) in [6, 6.07) is 11.8. The summed E-state index contributed by atoms with van der Waals surface area (Å²) in [6.07, 6.45) is 0. The number of anilines is 1. The van der Waals surface area contributed by atoms with Gasteiger partial charge in [0.05, 0.1) is 11.7 Å². The molecular formula is C23H20FN3O3S. The Kier molecular flexibility index (Phi) is 5.56. The molecule has 0 saturated heterocycles. The summed E-state index contributed by atoms with van der Waals surface area (Å²) in [5.41, 5.74) is 3.64. The summed E-state index contributed by atoms with van der Waals surface area (Å²) in [5.74, 6) is -0.769. The lowest BCUT2D eigenvalue weighted by Crippen LogP contribution is -2.23. The summed E-state index contributed by atoms with van der Waals surface area (Å²) in [5, 5.41) is 8.45. The van der Waals surface area contributed by atoms with E-state index in [1.807, 2.05) is 36.6 Å². The fraction of sp³-hybridized carbons (Fsp3) is 0.174. The van der Waals surface area contributed by atoms with E-state index in [1.54, 1.807) is 6.92 Å². The van der Waals surface area contributed by atoms with Gasteiger partial charge in [0.2, 0.25) is 5.91 Å². The fourth-order valence-corrected chi connectivity index (χ4v) is 4.07. The van der Waals surface area contributed by atoms with Crippen LogP contribution in [0.1, 0.15) is 41.6 Å². The van der Waals surface area contributed by atoms with Gasteiger partial charge < -0.3 is 9.73 Å². The van der Waals surface area contributed by atoms with E-state index in [9.17, 15) is 14.0 Å². The first-order valence-corrected chi connectivity index (χ1v) is 10.5. The smallest absolute Gasteiger partial charge is 0.293 e. The molecule has 158 valence electrons. The molecule has 6 nitrogen and oxygen atoms in total. The third-order valence-electron chi connectivity index (χ3n) is 4.96. The number of amides is 2. The van der Waals surface area contributed by atoms with Crippen LogP contribution in [0.25, 0.3) is 22.2 Å². The van der Waals surface area contributed by atoms with Gasteiger partial charge in [-0.2, -0.15) is 0 Å². The number of aromatic nitrogens is 1. The zero-order valence-electron chi connectivity index (χ0n) is 17.2. The fourth-order valence-electron chi connectivity index (χ4n) is 3.36. The van der Waals surface area contributed by atoms with Gasteiger partial charge in [-0.1, -0.05) is 24.3 Å². The topological polar surface area (TPSA) is 84.2 Å². The number of hydrogen-bond acceptors (Lipinski definition) is 5. The van der Waals surface area contributed by atoms with Crippen molar-refractivity contribution in [3.63, 3.8) is 0 Å². The first kappa shape index (κ1) is 20.7. The third kappa shape index (κ3) is 4.34. The summed E-state index contributed by atoms with van der Waals surface area (Å²) in [4.78, 5) is 28.4. The van der Waals surface area contributed by atoms with E-state index in [1.165, 1.54) is 36.5 Å². The van der Waals surface area contributed by atoms with Crippen molar-refractivity contribution in [3.05, 3.63) is 70.5 Å². The van der Waals surface area contributed by atoms with E-state index < -0.39 is 5.91 Å². The van der Waals surface area contributed by atoms with Crippen LogP contribution >= 0.6 is 11.3 Å². The molecule has 1 atom stereocenters.